The maximum Gasteiger partial charge on any atom is 3.00 e. The second-order valence-electron chi connectivity index (χ2n) is 4.58. The van der Waals surface area contributed by atoms with Gasteiger partial charge in [0, 0.05) is 0 Å². The van der Waals surface area contributed by atoms with E-state index < -0.39 is 21.8 Å². The van der Waals surface area contributed by atoms with E-state index >= 15 is 0 Å². The Balaban J connectivity index is -0.0000000802. The van der Waals surface area contributed by atoms with Gasteiger partial charge in [0.25, 0.3) is 0 Å². The predicted molar refractivity (Wildman–Crippen MR) is 87.9 cm³/mol. The number of hydrogen-bond donors (Lipinski definition) is 0. The van der Waals surface area contributed by atoms with Crippen molar-refractivity contribution < 1.29 is 71.3 Å². The molecule has 1 aliphatic rings. The summed E-state index contributed by atoms with van der Waals surface area (Å²) in [5, 5.41) is 0. The van der Waals surface area contributed by atoms with Gasteiger partial charge in [0.05, 0.1) is 0 Å². The van der Waals surface area contributed by atoms with Crippen molar-refractivity contribution >= 4 is 21.8 Å². The summed E-state index contributed by atoms with van der Waals surface area (Å²) < 4.78 is 117. The Morgan fingerprint density at radius 1 is 0.464 bits per heavy atom. The minimum atomic E-state index is -6.00. The summed E-state index contributed by atoms with van der Waals surface area (Å²) in [6.07, 6.45) is 16.6. The van der Waals surface area contributed by atoms with Crippen molar-refractivity contribution in [3.8, 4) is 0 Å². The Kier molecular flexibility index (Phi) is 31.0. The van der Waals surface area contributed by atoms with Gasteiger partial charge in [0.2, 0.25) is 0 Å². The van der Waals surface area contributed by atoms with Crippen LogP contribution in [-0.2, 0) is 19.5 Å². The van der Waals surface area contributed by atoms with E-state index in [0.29, 0.717) is 0 Å². The molecule has 1 rings (SSSR count). The molecular weight excluding hydrogens is 507 g/mol. The molecule has 172 valence electrons. The van der Waals surface area contributed by atoms with Gasteiger partial charge in [-0.2, -0.15) is 0 Å². The summed E-state index contributed by atoms with van der Waals surface area (Å²) in [5.74, 6) is 0. The minimum Gasteiger partial charge on any atom is -0.418 e. The largest absolute Gasteiger partial charge is 3.00 e. The Labute approximate surface area is 170 Å². The average molecular weight is 530 g/mol. The summed E-state index contributed by atoms with van der Waals surface area (Å²) >= 11 is 0. The van der Waals surface area contributed by atoms with E-state index in [0.717, 1.165) is 0 Å². The molecule has 0 saturated heterocycles. The zero-order valence-electron chi connectivity index (χ0n) is 15.2. The first-order valence-corrected chi connectivity index (χ1v) is 7.83. The zero-order valence-corrected chi connectivity index (χ0v) is 16.8. The number of hydrogen-bond acceptors (Lipinski definition) is 0. The van der Waals surface area contributed by atoms with Gasteiger partial charge in [0.15, 0.2) is 0 Å². The van der Waals surface area contributed by atoms with Gasteiger partial charge in [0.1, 0.15) is 0 Å². The van der Waals surface area contributed by atoms with Crippen LogP contribution in [0.25, 0.3) is 0 Å². The van der Waals surface area contributed by atoms with E-state index in [9.17, 15) is 51.8 Å². The number of halogens is 12. The molecule has 16 heteroatoms. The molecule has 0 aromatic rings. The average Bonchev–Trinajstić information content (AvgIpc) is 2.32. The van der Waals surface area contributed by atoms with Crippen molar-refractivity contribution in [1.29, 1.82) is 0 Å². The topological polar surface area (TPSA) is 0 Å². The van der Waals surface area contributed by atoms with Crippen LogP contribution in [0.1, 0.15) is 52.4 Å². The Bertz CT molecular complexity index is 279. The van der Waals surface area contributed by atoms with E-state index in [2.05, 4.69) is 38.2 Å². The fraction of sp³-hybridized carbons (Fsp3) is 0.667. The third kappa shape index (κ3) is 213. The SMILES string of the molecule is C1=CCCC=CCC1.CCCC.F[B-](F)(F)F.F[B-](F)(F)F.F[B-](F)(F)F.[Rh+3]. The maximum atomic E-state index is 9.75. The monoisotopic (exact) mass is 530 g/mol. The molecule has 0 unspecified atom stereocenters. The summed E-state index contributed by atoms with van der Waals surface area (Å²) in [4.78, 5) is 0. The van der Waals surface area contributed by atoms with Crippen molar-refractivity contribution in [3.05, 3.63) is 24.3 Å². The van der Waals surface area contributed by atoms with E-state index in [-0.39, 0.29) is 19.5 Å². The standard InChI is InChI=1S/C8H12.C4H10.3BF4.Rh/c1-2-4-6-8-7-5-3-1;1-3-4-2;3*2-1(3,4)5;/h1-2,7-8H,3-6H2;3-4H2,1-2H3;;;;/q;;3*-1;+3. The second-order valence-corrected chi connectivity index (χ2v) is 4.58. The van der Waals surface area contributed by atoms with Crippen LogP contribution in [0.3, 0.4) is 0 Å². The zero-order chi connectivity index (χ0) is 22.6. The molecular formula is C12H22B3F12Rh. The molecule has 0 radical (unpaired) electrons. The minimum absolute atomic E-state index is 0. The van der Waals surface area contributed by atoms with Gasteiger partial charge < -0.3 is 51.8 Å². The van der Waals surface area contributed by atoms with Crippen molar-refractivity contribution in [1.82, 2.24) is 0 Å². The molecule has 0 atom stereocenters. The van der Waals surface area contributed by atoms with Gasteiger partial charge in [-0.05, 0) is 25.7 Å². The first kappa shape index (κ1) is 38.1. The molecule has 28 heavy (non-hydrogen) atoms. The van der Waals surface area contributed by atoms with Crippen molar-refractivity contribution in [2.45, 2.75) is 52.4 Å². The molecule has 0 amide bonds. The summed E-state index contributed by atoms with van der Waals surface area (Å²) in [6, 6.07) is 0. The molecule has 0 N–H and O–H groups in total. The van der Waals surface area contributed by atoms with Crippen LogP contribution >= 0.6 is 0 Å². The molecule has 0 heterocycles. The van der Waals surface area contributed by atoms with E-state index in [4.69, 9.17) is 0 Å². The maximum absolute atomic E-state index is 9.75. The number of rotatable bonds is 1. The summed E-state index contributed by atoms with van der Waals surface area (Å²) in [6.45, 7) is 4.36. The van der Waals surface area contributed by atoms with Gasteiger partial charge in [-0.25, -0.2) is 0 Å². The third-order valence-corrected chi connectivity index (χ3v) is 1.83. The fourth-order valence-corrected chi connectivity index (χ4v) is 0.856. The summed E-state index contributed by atoms with van der Waals surface area (Å²) in [7, 11) is -18.0. The molecule has 0 fully saturated rings. The first-order chi connectivity index (χ1) is 11.9. The smallest absolute Gasteiger partial charge is 0.418 e. The fourth-order valence-electron chi connectivity index (χ4n) is 0.856. The molecule has 0 bridgehead atoms. The molecule has 0 aromatic carbocycles. The van der Waals surface area contributed by atoms with E-state index in [1.807, 2.05) is 0 Å². The molecule has 0 spiro atoms. The normalized spacial score (nSPS) is 13.2. The van der Waals surface area contributed by atoms with Crippen LogP contribution in [0.2, 0.25) is 0 Å². The van der Waals surface area contributed by atoms with Gasteiger partial charge in [-0.15, -0.1) is 0 Å². The van der Waals surface area contributed by atoms with Gasteiger partial charge >= 0.3 is 41.2 Å². The molecule has 0 aliphatic heterocycles. The molecule has 0 aromatic heterocycles. The number of allylic oxidation sites excluding steroid dienone is 4. The Morgan fingerprint density at radius 2 is 0.571 bits per heavy atom. The quantitative estimate of drug-likeness (QED) is 0.182. The van der Waals surface area contributed by atoms with Crippen LogP contribution in [0.5, 0.6) is 0 Å². The van der Waals surface area contributed by atoms with Crippen LogP contribution in [-0.4, -0.2) is 21.8 Å². The van der Waals surface area contributed by atoms with E-state index in [1.54, 1.807) is 0 Å². The predicted octanol–water partition coefficient (Wildman–Crippen LogP) is 8.38. The molecule has 0 nitrogen and oxygen atoms in total. The Hall–Kier alpha value is -0.542. The molecule has 0 saturated carbocycles. The second kappa shape index (κ2) is 22.7. The van der Waals surface area contributed by atoms with Gasteiger partial charge in [-0.3, -0.25) is 0 Å². The van der Waals surface area contributed by atoms with Crippen molar-refractivity contribution in [3.63, 3.8) is 0 Å². The number of unbranched alkanes of at least 4 members (excludes halogenated alkanes) is 1. The van der Waals surface area contributed by atoms with Crippen LogP contribution in [0.4, 0.5) is 51.8 Å². The van der Waals surface area contributed by atoms with Crippen LogP contribution in [0, 0.1) is 0 Å². The van der Waals surface area contributed by atoms with Crippen LogP contribution < -0.4 is 0 Å². The first-order valence-electron chi connectivity index (χ1n) is 7.83. The summed E-state index contributed by atoms with van der Waals surface area (Å²) in [5.41, 5.74) is 0. The van der Waals surface area contributed by atoms with Crippen LogP contribution in [0.15, 0.2) is 24.3 Å². The third-order valence-electron chi connectivity index (χ3n) is 1.83. The van der Waals surface area contributed by atoms with E-state index in [1.165, 1.54) is 38.5 Å². The van der Waals surface area contributed by atoms with Gasteiger partial charge in [-0.1, -0.05) is 51.0 Å². The van der Waals surface area contributed by atoms with Crippen molar-refractivity contribution in [2.75, 3.05) is 0 Å². The van der Waals surface area contributed by atoms with Crippen molar-refractivity contribution in [2.24, 2.45) is 0 Å². The Morgan fingerprint density at radius 3 is 0.643 bits per heavy atom. The molecule has 1 aliphatic carbocycles.